The van der Waals surface area contributed by atoms with Crippen LogP contribution >= 0.6 is 7.92 Å². The lowest BCUT2D eigenvalue weighted by Crippen LogP contribution is -2.32. The average Bonchev–Trinajstić information content (AvgIpc) is 2.95. The number of aliphatic imine (C=N–C) groups is 1. The highest BCUT2D eigenvalue weighted by molar-refractivity contribution is 7.80. The van der Waals surface area contributed by atoms with Crippen molar-refractivity contribution in [1.29, 1.82) is 0 Å². The number of hydrogen-bond donors (Lipinski definition) is 1. The molecule has 0 saturated carbocycles. The summed E-state index contributed by atoms with van der Waals surface area (Å²) in [6, 6.07) is 32.5. The summed E-state index contributed by atoms with van der Waals surface area (Å²) in [6.45, 7) is 3.93. The predicted molar refractivity (Wildman–Crippen MR) is 156 cm³/mol. The largest absolute Gasteiger partial charge is 0.416 e. The molecule has 0 aliphatic heterocycles. The van der Waals surface area contributed by atoms with Crippen molar-refractivity contribution in [1.82, 2.24) is 0 Å². The molecule has 0 spiro atoms. The molecule has 0 aromatic heterocycles. The molecule has 0 saturated heterocycles. The first-order chi connectivity index (χ1) is 18.8. The molecule has 0 aliphatic rings. The average molecular weight is 547 g/mol. The van der Waals surface area contributed by atoms with Crippen LogP contribution in [0.5, 0.6) is 0 Å². The highest BCUT2D eigenvalue weighted by atomic mass is 31.1. The van der Waals surface area contributed by atoms with Gasteiger partial charge in [0.2, 0.25) is 5.91 Å². The number of nitrogens with one attached hydrogen (secondary N) is 1. The van der Waals surface area contributed by atoms with Gasteiger partial charge in [-0.15, -0.1) is 0 Å². The number of halogens is 3. The zero-order valence-corrected chi connectivity index (χ0v) is 22.7. The van der Waals surface area contributed by atoms with Crippen molar-refractivity contribution < 1.29 is 18.0 Å². The second-order valence-corrected chi connectivity index (χ2v) is 11.4. The van der Waals surface area contributed by atoms with Gasteiger partial charge in [0.25, 0.3) is 0 Å². The molecule has 200 valence electrons. The molecule has 39 heavy (non-hydrogen) atoms. The van der Waals surface area contributed by atoms with E-state index in [4.69, 9.17) is 4.99 Å². The van der Waals surface area contributed by atoms with Crippen LogP contribution in [-0.4, -0.2) is 18.2 Å². The molecule has 4 aromatic rings. The molecule has 2 atom stereocenters. The summed E-state index contributed by atoms with van der Waals surface area (Å²) in [6.07, 6.45) is -1.96. The van der Waals surface area contributed by atoms with Crippen molar-refractivity contribution in [2.45, 2.75) is 32.5 Å². The first-order valence-corrected chi connectivity index (χ1v) is 14.1. The molecule has 3 nitrogen and oxygen atoms in total. The first kappa shape index (κ1) is 28.3. The van der Waals surface area contributed by atoms with Gasteiger partial charge >= 0.3 is 6.18 Å². The molecule has 1 amide bonds. The van der Waals surface area contributed by atoms with Gasteiger partial charge in [0, 0.05) is 17.5 Å². The quantitative estimate of drug-likeness (QED) is 0.179. The number of rotatable bonds is 9. The molecular weight excluding hydrogens is 516 g/mol. The van der Waals surface area contributed by atoms with Crippen LogP contribution in [0.4, 0.5) is 18.9 Å². The first-order valence-electron chi connectivity index (χ1n) is 12.8. The summed E-state index contributed by atoms with van der Waals surface area (Å²) in [5, 5.41) is 6.28. The minimum Gasteiger partial charge on any atom is -0.324 e. The Kier molecular flexibility index (Phi) is 9.32. The van der Waals surface area contributed by atoms with Gasteiger partial charge in [-0.25, -0.2) is 0 Å². The minimum atomic E-state index is -4.43. The summed E-state index contributed by atoms with van der Waals surface area (Å²) in [5.41, 5.74) is 0.461. The van der Waals surface area contributed by atoms with E-state index in [1.165, 1.54) is 22.7 Å². The summed E-state index contributed by atoms with van der Waals surface area (Å²) < 4.78 is 38.8. The Morgan fingerprint density at radius 1 is 0.846 bits per heavy atom. The van der Waals surface area contributed by atoms with Gasteiger partial charge in [-0.2, -0.15) is 13.2 Å². The summed E-state index contributed by atoms with van der Waals surface area (Å²) in [5.74, 6) is -0.432. The second-order valence-electron chi connectivity index (χ2n) is 9.24. The molecule has 4 aromatic carbocycles. The lowest BCUT2D eigenvalue weighted by Gasteiger charge is -2.22. The topological polar surface area (TPSA) is 41.5 Å². The smallest absolute Gasteiger partial charge is 0.324 e. The molecule has 2 unspecified atom stereocenters. The number of carbonyl (C=O) groups excluding carboxylic acids is 1. The lowest BCUT2D eigenvalue weighted by atomic mass is 9.98. The minimum absolute atomic E-state index is 0.0763. The third-order valence-electron chi connectivity index (χ3n) is 6.51. The Morgan fingerprint density at radius 2 is 1.38 bits per heavy atom. The van der Waals surface area contributed by atoms with E-state index < -0.39 is 25.7 Å². The van der Waals surface area contributed by atoms with E-state index in [0.29, 0.717) is 12.1 Å². The highest BCUT2D eigenvalue weighted by Gasteiger charge is 2.30. The van der Waals surface area contributed by atoms with E-state index in [1.54, 1.807) is 6.21 Å². The SMILES string of the molecule is CCC(C)C(N=Cc1ccccc1P(c1ccccc1)c1ccccc1)C(=O)Nc1ccc(C(F)(F)F)cc1. The van der Waals surface area contributed by atoms with Gasteiger partial charge < -0.3 is 5.32 Å². The van der Waals surface area contributed by atoms with Crippen LogP contribution in [0.3, 0.4) is 0 Å². The van der Waals surface area contributed by atoms with Crippen molar-refractivity contribution in [3.05, 3.63) is 120 Å². The third-order valence-corrected chi connectivity index (χ3v) is 9.03. The third kappa shape index (κ3) is 7.21. The highest BCUT2D eigenvalue weighted by Crippen LogP contribution is 2.34. The van der Waals surface area contributed by atoms with Crippen LogP contribution in [0.2, 0.25) is 0 Å². The maximum atomic E-state index is 13.2. The number of benzene rings is 4. The fourth-order valence-corrected chi connectivity index (χ4v) is 6.62. The Morgan fingerprint density at radius 3 is 1.92 bits per heavy atom. The van der Waals surface area contributed by atoms with Crippen LogP contribution < -0.4 is 21.2 Å². The molecule has 7 heteroatoms. The zero-order valence-electron chi connectivity index (χ0n) is 21.8. The second kappa shape index (κ2) is 12.9. The van der Waals surface area contributed by atoms with Gasteiger partial charge in [0.05, 0.1) is 5.56 Å². The maximum absolute atomic E-state index is 13.2. The van der Waals surface area contributed by atoms with E-state index in [2.05, 4.69) is 35.6 Å². The Balaban J connectivity index is 1.65. The van der Waals surface area contributed by atoms with E-state index in [1.807, 2.05) is 68.4 Å². The van der Waals surface area contributed by atoms with Crippen molar-refractivity contribution in [3.63, 3.8) is 0 Å². The molecule has 0 radical (unpaired) electrons. The van der Waals surface area contributed by atoms with Crippen molar-refractivity contribution in [2.75, 3.05) is 5.32 Å². The van der Waals surface area contributed by atoms with Crippen LogP contribution in [0.25, 0.3) is 0 Å². The molecule has 0 heterocycles. The Labute approximate surface area is 228 Å². The lowest BCUT2D eigenvalue weighted by molar-refractivity contribution is -0.137. The number of alkyl halides is 3. The van der Waals surface area contributed by atoms with Crippen molar-refractivity contribution >= 4 is 41.6 Å². The van der Waals surface area contributed by atoms with Gasteiger partial charge in [0.15, 0.2) is 0 Å². The Bertz CT molecular complexity index is 1350. The maximum Gasteiger partial charge on any atom is 0.416 e. The number of nitrogens with zero attached hydrogens (tertiary/aromatic N) is 1. The van der Waals surface area contributed by atoms with E-state index in [0.717, 1.165) is 23.0 Å². The number of hydrogen-bond acceptors (Lipinski definition) is 2. The Hall–Kier alpha value is -3.76. The fraction of sp³-hybridized carbons (Fsp3) is 0.188. The van der Waals surface area contributed by atoms with E-state index in [9.17, 15) is 18.0 Å². The van der Waals surface area contributed by atoms with E-state index >= 15 is 0 Å². The molecule has 0 fully saturated rings. The van der Waals surface area contributed by atoms with Gasteiger partial charge in [-0.3, -0.25) is 9.79 Å². The number of anilines is 1. The van der Waals surface area contributed by atoms with Crippen LogP contribution in [0, 0.1) is 5.92 Å². The summed E-state index contributed by atoms with van der Waals surface area (Å²) >= 11 is 0. The molecular formula is C32H30F3N2OP. The van der Waals surface area contributed by atoms with Gasteiger partial charge in [0.1, 0.15) is 6.04 Å². The van der Waals surface area contributed by atoms with Crippen LogP contribution in [0.1, 0.15) is 31.4 Å². The summed E-state index contributed by atoms with van der Waals surface area (Å²) in [7, 11) is -0.868. The van der Waals surface area contributed by atoms with Crippen molar-refractivity contribution in [3.8, 4) is 0 Å². The van der Waals surface area contributed by atoms with Gasteiger partial charge in [-0.1, -0.05) is 105 Å². The van der Waals surface area contributed by atoms with Crippen LogP contribution in [-0.2, 0) is 11.0 Å². The normalized spacial score (nSPS) is 13.4. The number of amides is 1. The molecule has 0 bridgehead atoms. The monoisotopic (exact) mass is 546 g/mol. The molecule has 4 rings (SSSR count). The predicted octanol–water partition coefficient (Wildman–Crippen LogP) is 6.94. The summed E-state index contributed by atoms with van der Waals surface area (Å²) in [4.78, 5) is 18.0. The van der Waals surface area contributed by atoms with Gasteiger partial charge in [-0.05, 0) is 54.0 Å². The zero-order chi connectivity index (χ0) is 27.8. The van der Waals surface area contributed by atoms with Crippen molar-refractivity contribution in [2.24, 2.45) is 10.9 Å². The number of carbonyl (C=O) groups is 1. The van der Waals surface area contributed by atoms with Crippen LogP contribution in [0.15, 0.2) is 114 Å². The fourth-order valence-electron chi connectivity index (χ4n) is 4.20. The van der Waals surface area contributed by atoms with E-state index in [-0.39, 0.29) is 11.8 Å². The standard InChI is InChI=1S/C32H30F3N2OP/c1-3-23(2)30(31(38)37-26-20-18-25(19-21-26)32(33,34)35)36-22-24-12-10-11-17-29(24)39(27-13-6-4-7-14-27)28-15-8-5-9-16-28/h4-23,30H,3H2,1-2H3,(H,37,38). The molecule has 0 aliphatic carbocycles. The molecule has 1 N–H and O–H groups in total.